The first-order valence-corrected chi connectivity index (χ1v) is 5.27. The zero-order valence-corrected chi connectivity index (χ0v) is 8.11. The molecule has 0 amide bonds. The normalized spacial score (nSPS) is 42.1. The largest absolute Gasteiger partial charge is 0.396 e. The van der Waals surface area contributed by atoms with Gasteiger partial charge in [-0.15, -0.1) is 0 Å². The van der Waals surface area contributed by atoms with E-state index in [4.69, 9.17) is 0 Å². The predicted octanol–water partition coefficient (Wildman–Crippen LogP) is 4.04. The molecule has 102 valence electrons. The van der Waals surface area contributed by atoms with E-state index in [-0.39, 0.29) is 0 Å². The molecule has 0 N–H and O–H groups in total. The lowest BCUT2D eigenvalue weighted by molar-refractivity contribution is -0.366. The second kappa shape index (κ2) is 3.10. The molecule has 2 unspecified atom stereocenters. The fraction of sp³-hybridized carbons (Fsp3) is 1.00. The number of hydrogen-bond acceptors (Lipinski definition) is 1. The Morgan fingerprint density at radius 2 is 1.18 bits per heavy atom. The minimum atomic E-state index is -7.68. The van der Waals surface area contributed by atoms with Gasteiger partial charge >= 0.3 is 30.9 Å². The van der Waals surface area contributed by atoms with Crippen LogP contribution in [0, 0.1) is 0 Å². The fourth-order valence-electron chi connectivity index (χ4n) is 1.09. The molecule has 1 fully saturated rings. The Kier molecular flexibility index (Phi) is 2.66. The number of rotatable bonds is 0. The first-order chi connectivity index (χ1) is 7.15. The third-order valence-corrected chi connectivity index (χ3v) is 4.12. The molecule has 0 aromatic rings. The summed E-state index contributed by atoms with van der Waals surface area (Å²) in [5.74, 6) is -25.6. The lowest BCUT2D eigenvalue weighted by Gasteiger charge is -2.44. The Morgan fingerprint density at radius 1 is 0.824 bits per heavy atom. The van der Waals surface area contributed by atoms with Crippen LogP contribution in [0.4, 0.5) is 43.7 Å². The van der Waals surface area contributed by atoms with Crippen LogP contribution in [0.3, 0.4) is 0 Å². The molecule has 0 saturated carbocycles. The highest BCUT2D eigenvalue weighted by molar-refractivity contribution is 7.60. The average molecular weight is 298 g/mol. The van der Waals surface area contributed by atoms with Crippen LogP contribution in [0.5, 0.6) is 0 Å². The van der Waals surface area contributed by atoms with Crippen molar-refractivity contribution >= 4 is 7.45 Å². The number of alkyl halides is 9. The Balaban J connectivity index is 3.62. The zero-order chi connectivity index (χ0) is 14.1. The molecule has 0 spiro atoms. The Hall–Kier alpha value is -0.470. The predicted molar refractivity (Wildman–Crippen MR) is 33.4 cm³/mol. The first-order valence-electron chi connectivity index (χ1n) is 3.60. The molecule has 1 nitrogen and oxygen atoms in total. The second-order valence-electron chi connectivity index (χ2n) is 3.23. The molecule has 0 radical (unpaired) electrons. The summed E-state index contributed by atoms with van der Waals surface area (Å²) < 4.78 is 134. The van der Waals surface area contributed by atoms with Gasteiger partial charge in [-0.3, -0.25) is 4.57 Å². The number of halogens is 10. The van der Waals surface area contributed by atoms with Crippen LogP contribution in [-0.2, 0) is 4.57 Å². The van der Waals surface area contributed by atoms with E-state index in [0.29, 0.717) is 0 Å². The van der Waals surface area contributed by atoms with Gasteiger partial charge in [0.05, 0.1) is 0 Å². The average Bonchev–Trinajstić information content (AvgIpc) is 2.13. The van der Waals surface area contributed by atoms with Gasteiger partial charge in [0, 0.05) is 0 Å². The monoisotopic (exact) mass is 298 g/mol. The highest BCUT2D eigenvalue weighted by atomic mass is 31.2. The quantitative estimate of drug-likeness (QED) is 0.487. The van der Waals surface area contributed by atoms with Crippen molar-refractivity contribution in [3.63, 3.8) is 0 Å². The van der Waals surface area contributed by atoms with Crippen LogP contribution in [-0.4, -0.2) is 29.3 Å². The van der Waals surface area contributed by atoms with E-state index in [1.54, 1.807) is 0 Å². The van der Waals surface area contributed by atoms with E-state index in [1.165, 1.54) is 0 Å². The van der Waals surface area contributed by atoms with Crippen molar-refractivity contribution in [2.24, 2.45) is 0 Å². The van der Waals surface area contributed by atoms with Gasteiger partial charge in [0.1, 0.15) is 0 Å². The van der Waals surface area contributed by atoms with E-state index < -0.39 is 36.8 Å². The highest BCUT2D eigenvalue weighted by Gasteiger charge is 2.94. The smallest absolute Gasteiger partial charge is 0.278 e. The summed E-state index contributed by atoms with van der Waals surface area (Å²) in [7, 11) is -7.68. The van der Waals surface area contributed by atoms with Gasteiger partial charge < -0.3 is 0 Å². The molecule has 2 atom stereocenters. The molecule has 0 aliphatic carbocycles. The van der Waals surface area contributed by atoms with Gasteiger partial charge in [-0.1, -0.05) is 0 Å². The molecule has 1 aliphatic rings. The van der Waals surface area contributed by atoms with Crippen LogP contribution < -0.4 is 0 Å². The molecule has 1 rings (SSSR count). The Labute approximate surface area is 86.3 Å². The molecular formula is C5HF10OP. The van der Waals surface area contributed by atoms with Crippen molar-refractivity contribution in [2.75, 3.05) is 0 Å². The summed E-state index contributed by atoms with van der Waals surface area (Å²) >= 11 is 0. The van der Waals surface area contributed by atoms with Gasteiger partial charge in [0.25, 0.3) is 5.91 Å². The Morgan fingerprint density at radius 3 is 1.53 bits per heavy atom. The van der Waals surface area contributed by atoms with E-state index in [1.807, 2.05) is 0 Å². The molecule has 17 heavy (non-hydrogen) atoms. The SMILES string of the molecule is O=P1(F)C(F)C(F)(F)C(F)(F)C(F)(F)C1(F)F. The third kappa shape index (κ3) is 1.26. The van der Waals surface area contributed by atoms with Crippen LogP contribution >= 0.6 is 7.45 Å². The Bertz CT molecular complexity index is 388. The molecule has 0 aromatic carbocycles. The maximum absolute atomic E-state index is 12.5. The lowest BCUT2D eigenvalue weighted by Crippen LogP contribution is -2.69. The zero-order valence-electron chi connectivity index (χ0n) is 7.21. The second-order valence-corrected chi connectivity index (χ2v) is 5.39. The lowest BCUT2D eigenvalue weighted by atomic mass is 10.0. The summed E-state index contributed by atoms with van der Waals surface area (Å²) in [6.07, 6.45) is 0. The van der Waals surface area contributed by atoms with Gasteiger partial charge in [-0.25, -0.2) is 4.39 Å². The van der Waals surface area contributed by atoms with Crippen molar-refractivity contribution in [1.82, 2.24) is 0 Å². The molecule has 12 heteroatoms. The van der Waals surface area contributed by atoms with E-state index >= 15 is 0 Å². The van der Waals surface area contributed by atoms with Crippen LogP contribution in [0.2, 0.25) is 0 Å². The molecule has 1 aliphatic heterocycles. The highest BCUT2D eigenvalue weighted by Crippen LogP contribution is 2.79. The van der Waals surface area contributed by atoms with Crippen molar-refractivity contribution in [1.29, 1.82) is 0 Å². The van der Waals surface area contributed by atoms with Crippen molar-refractivity contribution in [3.05, 3.63) is 0 Å². The first kappa shape index (κ1) is 14.6. The summed E-state index contributed by atoms with van der Waals surface area (Å²) in [4.78, 5) is 0. The maximum Gasteiger partial charge on any atom is 0.396 e. The van der Waals surface area contributed by atoms with Crippen molar-refractivity contribution in [3.8, 4) is 0 Å². The van der Waals surface area contributed by atoms with Gasteiger partial charge in [-0.2, -0.15) is 39.3 Å². The van der Waals surface area contributed by atoms with Crippen LogP contribution in [0.15, 0.2) is 0 Å². The van der Waals surface area contributed by atoms with Gasteiger partial charge in [0.15, 0.2) is 0 Å². The van der Waals surface area contributed by atoms with Crippen molar-refractivity contribution < 1.29 is 48.3 Å². The molecular weight excluding hydrogens is 297 g/mol. The molecule has 1 saturated heterocycles. The van der Waals surface area contributed by atoms with E-state index in [9.17, 15) is 48.3 Å². The summed E-state index contributed by atoms with van der Waals surface area (Å²) in [5.41, 5.74) is -6.72. The van der Waals surface area contributed by atoms with Gasteiger partial charge in [-0.05, 0) is 0 Å². The van der Waals surface area contributed by atoms with E-state index in [0.717, 1.165) is 0 Å². The standard InChI is InChI=1S/C5HF10OP/c6-1-2(7,8)3(9,10)4(11,12)5(13,14)17(1,15)16/h1H. The third-order valence-electron chi connectivity index (χ3n) is 2.16. The van der Waals surface area contributed by atoms with E-state index in [2.05, 4.69) is 0 Å². The molecule has 1 heterocycles. The van der Waals surface area contributed by atoms with Gasteiger partial charge in [0.2, 0.25) is 0 Å². The molecule has 0 bridgehead atoms. The van der Waals surface area contributed by atoms with Crippen LogP contribution in [0.25, 0.3) is 0 Å². The fourth-order valence-corrected chi connectivity index (χ4v) is 2.48. The molecule has 0 aromatic heterocycles. The van der Waals surface area contributed by atoms with Crippen molar-refractivity contribution in [2.45, 2.75) is 29.3 Å². The minimum Gasteiger partial charge on any atom is -0.278 e. The summed E-state index contributed by atoms with van der Waals surface area (Å²) in [6.45, 7) is 0. The number of hydrogen-bond donors (Lipinski definition) is 0. The maximum atomic E-state index is 12.5. The minimum absolute atomic E-state index is 5.21. The summed E-state index contributed by atoms with van der Waals surface area (Å²) in [5, 5.41) is 0. The van der Waals surface area contributed by atoms with Crippen LogP contribution in [0.1, 0.15) is 0 Å². The topological polar surface area (TPSA) is 17.1 Å². The summed E-state index contributed by atoms with van der Waals surface area (Å²) in [6, 6.07) is 0.